The number of nitrogens with zero attached hydrogens (tertiary/aromatic N) is 1. The summed E-state index contributed by atoms with van der Waals surface area (Å²) in [6.07, 6.45) is 16.2. The minimum absolute atomic E-state index is 0.152. The number of hydrogen-bond donors (Lipinski definition) is 1. The second kappa shape index (κ2) is 6.31. The lowest BCUT2D eigenvalue weighted by Crippen LogP contribution is -2.43. The fourth-order valence-corrected chi connectivity index (χ4v) is 1.76. The Morgan fingerprint density at radius 2 is 1.63 bits per heavy atom. The van der Waals surface area contributed by atoms with Crippen LogP contribution in [0.4, 0.5) is 0 Å². The quantitative estimate of drug-likeness (QED) is 0.638. The molecule has 0 bridgehead atoms. The summed E-state index contributed by atoms with van der Waals surface area (Å²) in [5.74, 6) is 4.11. The van der Waals surface area contributed by atoms with Crippen molar-refractivity contribution in [3.05, 3.63) is 35.4 Å². The van der Waals surface area contributed by atoms with Crippen molar-refractivity contribution >= 4 is 5.97 Å². The van der Waals surface area contributed by atoms with Crippen LogP contribution in [0.3, 0.4) is 0 Å². The summed E-state index contributed by atoms with van der Waals surface area (Å²) < 4.78 is 0.152. The number of carboxylic acids is 1. The molecule has 94 valence electrons. The molecular formula is C16H14NO2+. The first-order valence-corrected chi connectivity index (χ1v) is 5.60. The van der Waals surface area contributed by atoms with Gasteiger partial charge in [0.05, 0.1) is 5.56 Å². The van der Waals surface area contributed by atoms with E-state index in [1.54, 1.807) is 12.1 Å². The van der Waals surface area contributed by atoms with E-state index in [0.29, 0.717) is 19.6 Å². The average Bonchev–Trinajstić information content (AvgIpc) is 2.40. The van der Waals surface area contributed by atoms with Crippen molar-refractivity contribution in [2.75, 3.05) is 13.1 Å². The molecule has 0 aromatic heterocycles. The molecule has 19 heavy (non-hydrogen) atoms. The Bertz CT molecular complexity index is 563. The number of carbonyl (C=O) groups is 1. The van der Waals surface area contributed by atoms with Gasteiger partial charge in [-0.3, -0.25) is 0 Å². The molecule has 0 aliphatic rings. The predicted molar refractivity (Wildman–Crippen MR) is 73.6 cm³/mol. The minimum atomic E-state index is -0.962. The van der Waals surface area contributed by atoms with Crippen LogP contribution >= 0.6 is 0 Å². The Balaban J connectivity index is 2.98. The van der Waals surface area contributed by atoms with Gasteiger partial charge in [-0.25, -0.2) is 9.28 Å². The van der Waals surface area contributed by atoms with Crippen molar-refractivity contribution < 1.29 is 14.4 Å². The van der Waals surface area contributed by atoms with Crippen LogP contribution in [0.5, 0.6) is 0 Å². The largest absolute Gasteiger partial charge is 0.478 e. The van der Waals surface area contributed by atoms with Gasteiger partial charge < -0.3 is 5.11 Å². The van der Waals surface area contributed by atoms with Gasteiger partial charge in [0.2, 0.25) is 0 Å². The van der Waals surface area contributed by atoms with E-state index in [-0.39, 0.29) is 10.0 Å². The molecular weight excluding hydrogens is 238 g/mol. The summed E-state index contributed by atoms with van der Waals surface area (Å²) in [6.45, 7) is 1.15. The van der Waals surface area contributed by atoms with Crippen LogP contribution in [0.15, 0.2) is 24.3 Å². The van der Waals surface area contributed by atoms with Crippen LogP contribution in [-0.4, -0.2) is 28.6 Å². The highest BCUT2D eigenvalue weighted by Crippen LogP contribution is 2.14. The summed E-state index contributed by atoms with van der Waals surface area (Å²) in [6, 6.07) is 9.16. The molecule has 1 N–H and O–H groups in total. The molecule has 3 heteroatoms. The Labute approximate surface area is 113 Å². The van der Waals surface area contributed by atoms with E-state index in [1.807, 2.05) is 0 Å². The van der Waals surface area contributed by atoms with Gasteiger partial charge in [0.15, 0.2) is 13.1 Å². The Morgan fingerprint density at radius 1 is 1.11 bits per heavy atom. The first kappa shape index (κ1) is 14.4. The van der Waals surface area contributed by atoms with E-state index >= 15 is 0 Å². The van der Waals surface area contributed by atoms with Gasteiger partial charge in [0.1, 0.15) is 12.6 Å². The number of rotatable bonds is 5. The fourth-order valence-electron chi connectivity index (χ4n) is 1.76. The molecule has 0 amide bonds. The lowest BCUT2D eigenvalue weighted by molar-refractivity contribution is -0.862. The van der Waals surface area contributed by atoms with Gasteiger partial charge in [0, 0.05) is 5.56 Å². The predicted octanol–water partition coefficient (Wildman–Crippen LogP) is 1.56. The molecule has 0 saturated carbocycles. The van der Waals surface area contributed by atoms with E-state index in [4.69, 9.17) is 24.4 Å². The van der Waals surface area contributed by atoms with E-state index < -0.39 is 5.97 Å². The van der Waals surface area contributed by atoms with E-state index in [1.165, 1.54) is 12.1 Å². The first-order chi connectivity index (χ1) is 9.06. The van der Waals surface area contributed by atoms with Crippen LogP contribution in [0, 0.1) is 37.2 Å². The van der Waals surface area contributed by atoms with Gasteiger partial charge in [-0.05, 0) is 24.0 Å². The maximum absolute atomic E-state index is 10.8. The van der Waals surface area contributed by atoms with Crippen molar-refractivity contribution in [2.45, 2.75) is 6.54 Å². The highest BCUT2D eigenvalue weighted by Gasteiger charge is 2.24. The molecule has 1 aromatic carbocycles. The van der Waals surface area contributed by atoms with Crippen LogP contribution in [0.2, 0.25) is 0 Å². The molecule has 0 aliphatic heterocycles. The van der Waals surface area contributed by atoms with E-state index in [0.717, 1.165) is 5.56 Å². The molecule has 0 unspecified atom stereocenters. The number of terminal acetylenes is 3. The zero-order valence-electron chi connectivity index (χ0n) is 10.5. The van der Waals surface area contributed by atoms with Gasteiger partial charge in [-0.2, -0.15) is 0 Å². The molecule has 1 aromatic rings. The molecule has 0 fully saturated rings. The highest BCUT2D eigenvalue weighted by atomic mass is 16.4. The summed E-state index contributed by atoms with van der Waals surface area (Å²) in [5, 5.41) is 8.83. The van der Waals surface area contributed by atoms with Crippen molar-refractivity contribution in [1.29, 1.82) is 0 Å². The van der Waals surface area contributed by atoms with Gasteiger partial charge in [-0.1, -0.05) is 18.6 Å². The molecule has 1 rings (SSSR count). The minimum Gasteiger partial charge on any atom is -0.478 e. The zero-order valence-corrected chi connectivity index (χ0v) is 10.5. The molecule has 3 nitrogen and oxygen atoms in total. The molecule has 0 atom stereocenters. The fraction of sp³-hybridized carbons (Fsp3) is 0.188. The zero-order chi connectivity index (χ0) is 14.3. The third-order valence-corrected chi connectivity index (χ3v) is 2.75. The normalized spacial score (nSPS) is 9.95. The number of aromatic carboxylic acids is 1. The summed E-state index contributed by atoms with van der Waals surface area (Å²) in [7, 11) is 0. The van der Waals surface area contributed by atoms with Crippen LogP contribution in [-0.2, 0) is 6.54 Å². The third-order valence-electron chi connectivity index (χ3n) is 2.75. The van der Waals surface area contributed by atoms with Crippen molar-refractivity contribution in [3.63, 3.8) is 0 Å². The van der Waals surface area contributed by atoms with Crippen LogP contribution in [0.25, 0.3) is 0 Å². The topological polar surface area (TPSA) is 37.3 Å². The van der Waals surface area contributed by atoms with Crippen molar-refractivity contribution in [3.8, 4) is 37.2 Å². The molecule has 0 aliphatic carbocycles. The first-order valence-electron chi connectivity index (χ1n) is 5.60. The Kier molecular flexibility index (Phi) is 4.78. The summed E-state index contributed by atoms with van der Waals surface area (Å²) in [4.78, 5) is 10.8. The molecule has 0 saturated heterocycles. The summed E-state index contributed by atoms with van der Waals surface area (Å²) >= 11 is 0. The lowest BCUT2D eigenvalue weighted by Gasteiger charge is -2.27. The number of quaternary nitrogens is 1. The second-order valence-corrected chi connectivity index (χ2v) is 4.16. The number of benzene rings is 1. The SMILES string of the molecule is C#CC[N+](C#C)(CC#C)Cc1ccc(C(=O)O)cc1. The van der Waals surface area contributed by atoms with Crippen molar-refractivity contribution in [1.82, 2.24) is 0 Å². The third kappa shape index (κ3) is 3.65. The van der Waals surface area contributed by atoms with Crippen LogP contribution < -0.4 is 0 Å². The lowest BCUT2D eigenvalue weighted by atomic mass is 10.1. The monoisotopic (exact) mass is 252 g/mol. The van der Waals surface area contributed by atoms with Crippen LogP contribution in [0.1, 0.15) is 15.9 Å². The molecule has 0 spiro atoms. The van der Waals surface area contributed by atoms with Crippen molar-refractivity contribution in [2.24, 2.45) is 0 Å². The Morgan fingerprint density at radius 3 is 2.00 bits per heavy atom. The second-order valence-electron chi connectivity index (χ2n) is 4.16. The summed E-state index contributed by atoms with van der Waals surface area (Å²) in [5.41, 5.74) is 1.13. The standard InChI is InChI=1S/C16H13NO2/c1-4-11-17(6-3,12-5-2)13-14-7-9-15(10-8-14)16(18)19/h1-3,7-10H,11-13H2/p+1. The maximum atomic E-state index is 10.8. The van der Waals surface area contributed by atoms with E-state index in [9.17, 15) is 4.79 Å². The average molecular weight is 252 g/mol. The molecule has 0 radical (unpaired) electrons. The number of hydrogen-bond acceptors (Lipinski definition) is 1. The molecule has 0 heterocycles. The number of carboxylic acid groups (broad SMARTS) is 1. The van der Waals surface area contributed by atoms with Gasteiger partial charge in [-0.15, -0.1) is 12.8 Å². The maximum Gasteiger partial charge on any atom is 0.335 e. The van der Waals surface area contributed by atoms with Gasteiger partial charge in [0.25, 0.3) is 0 Å². The van der Waals surface area contributed by atoms with E-state index in [2.05, 4.69) is 17.9 Å². The Hall–Kier alpha value is -2.67. The highest BCUT2D eigenvalue weighted by molar-refractivity contribution is 5.87. The van der Waals surface area contributed by atoms with Gasteiger partial charge >= 0.3 is 5.97 Å². The smallest absolute Gasteiger partial charge is 0.335 e.